The molecule has 11 heteroatoms. The zero-order valence-electron chi connectivity index (χ0n) is 21.7. The van der Waals surface area contributed by atoms with Crippen LogP contribution in [0.2, 0.25) is 5.02 Å². The Morgan fingerprint density at radius 3 is 2.54 bits per heavy atom. The molecular weight excluding hydrogens is 520 g/mol. The molecule has 10 nitrogen and oxygen atoms in total. The van der Waals surface area contributed by atoms with Crippen molar-refractivity contribution in [2.24, 2.45) is 11.8 Å². The maximum Gasteiger partial charge on any atom is 0.331 e. The van der Waals surface area contributed by atoms with Crippen LogP contribution in [0.25, 0.3) is 10.9 Å². The van der Waals surface area contributed by atoms with Crippen LogP contribution in [0.3, 0.4) is 0 Å². The Bertz CT molecular complexity index is 1630. The maximum absolute atomic E-state index is 13.4. The second-order valence-corrected chi connectivity index (χ2v) is 10.7. The number of aryl methyl sites for hydroxylation is 1. The van der Waals surface area contributed by atoms with Gasteiger partial charge >= 0.3 is 5.69 Å². The van der Waals surface area contributed by atoms with Crippen molar-refractivity contribution in [1.29, 1.82) is 5.26 Å². The van der Waals surface area contributed by atoms with Gasteiger partial charge in [-0.05, 0) is 69.1 Å². The summed E-state index contributed by atoms with van der Waals surface area (Å²) in [5.74, 6) is -0.865. The van der Waals surface area contributed by atoms with E-state index in [0.717, 1.165) is 12.8 Å². The van der Waals surface area contributed by atoms with E-state index in [1.165, 1.54) is 22.8 Å². The highest BCUT2D eigenvalue weighted by molar-refractivity contribution is 6.32. The van der Waals surface area contributed by atoms with Crippen molar-refractivity contribution in [3.63, 3.8) is 0 Å². The summed E-state index contributed by atoms with van der Waals surface area (Å²) in [5, 5.41) is 15.5. The van der Waals surface area contributed by atoms with Gasteiger partial charge in [0.05, 0.1) is 33.4 Å². The molecule has 0 spiro atoms. The lowest BCUT2D eigenvalue weighted by Gasteiger charge is -2.20. The first-order valence-electron chi connectivity index (χ1n) is 13.0. The number of aromatic nitrogens is 2. The normalized spacial score (nSPS) is 19.1. The summed E-state index contributed by atoms with van der Waals surface area (Å²) < 4.78 is 2.89. The third-order valence-corrected chi connectivity index (χ3v) is 7.77. The second-order valence-electron chi connectivity index (χ2n) is 10.3. The van der Waals surface area contributed by atoms with Gasteiger partial charge < -0.3 is 15.5 Å². The maximum atomic E-state index is 13.4. The lowest BCUT2D eigenvalue weighted by atomic mass is 10.0. The Balaban J connectivity index is 1.37. The average molecular weight is 549 g/mol. The second kappa shape index (κ2) is 10.7. The molecule has 2 amide bonds. The molecular formula is C28H29ClN6O4. The molecule has 1 saturated heterocycles. The number of carbonyl (C=O) groups is 2. The lowest BCUT2D eigenvalue weighted by molar-refractivity contribution is -0.119. The van der Waals surface area contributed by atoms with Gasteiger partial charge in [0.2, 0.25) is 5.91 Å². The van der Waals surface area contributed by atoms with Gasteiger partial charge in [-0.2, -0.15) is 5.26 Å². The third kappa shape index (κ3) is 5.33. The van der Waals surface area contributed by atoms with Crippen LogP contribution in [0.4, 0.5) is 5.69 Å². The molecule has 1 aromatic heterocycles. The van der Waals surface area contributed by atoms with Crippen molar-refractivity contribution in [2.75, 3.05) is 25.5 Å². The number of benzene rings is 2. The smallest absolute Gasteiger partial charge is 0.331 e. The fourth-order valence-electron chi connectivity index (χ4n) is 5.17. The molecule has 2 atom stereocenters. The fraction of sp³-hybridized carbons (Fsp3) is 0.393. The number of anilines is 1. The van der Waals surface area contributed by atoms with Gasteiger partial charge in [-0.1, -0.05) is 11.6 Å². The quantitative estimate of drug-likeness (QED) is 0.466. The van der Waals surface area contributed by atoms with Gasteiger partial charge in [0.15, 0.2) is 0 Å². The zero-order valence-corrected chi connectivity index (χ0v) is 22.5. The number of fused-ring (bicyclic) bond motifs is 1. The van der Waals surface area contributed by atoms with Gasteiger partial charge in [-0.25, -0.2) is 4.79 Å². The van der Waals surface area contributed by atoms with Gasteiger partial charge in [-0.3, -0.25) is 23.5 Å². The standard InChI is InChI=1S/C28H29ClN6O4/c1-3-34-24-9-8-19(11-20(24)27(38)35(28(34)39)13-16-4-5-16)31-26(37)21-14-33(2)15-23(21)32-25(36)17-6-7-18(12-30)22(29)10-17/h6-11,16,21,23H,3-5,13-15H2,1-2H3,(H,31,37)(H,32,36). The first-order valence-corrected chi connectivity index (χ1v) is 13.3. The molecule has 0 bridgehead atoms. The Labute approximate surface area is 229 Å². The average Bonchev–Trinajstić information content (AvgIpc) is 3.66. The van der Waals surface area contributed by atoms with Gasteiger partial charge in [0.25, 0.3) is 11.5 Å². The molecule has 39 heavy (non-hydrogen) atoms. The summed E-state index contributed by atoms with van der Waals surface area (Å²) in [5.41, 5.74) is 0.888. The van der Waals surface area contributed by atoms with Crippen LogP contribution >= 0.6 is 11.6 Å². The number of rotatable bonds is 7. The SMILES string of the molecule is CCn1c(=O)n(CC2CC2)c(=O)c2cc(NC(=O)C3CN(C)CC3NC(=O)c3ccc(C#N)c(Cl)c3)ccc21. The van der Waals surface area contributed by atoms with Gasteiger partial charge in [0, 0.05) is 37.4 Å². The first-order chi connectivity index (χ1) is 18.7. The van der Waals surface area contributed by atoms with E-state index in [2.05, 4.69) is 10.6 Å². The van der Waals surface area contributed by atoms with Crippen LogP contribution < -0.4 is 21.9 Å². The van der Waals surface area contributed by atoms with Crippen molar-refractivity contribution in [3.05, 3.63) is 73.4 Å². The Morgan fingerprint density at radius 1 is 1.10 bits per heavy atom. The number of likely N-dealkylation sites (N-methyl/N-ethyl adjacent to an activating group) is 1. The predicted octanol–water partition coefficient (Wildman–Crippen LogP) is 2.42. The molecule has 2 heterocycles. The van der Waals surface area contributed by atoms with Crippen LogP contribution in [0.1, 0.15) is 35.7 Å². The molecule has 0 radical (unpaired) electrons. The van der Waals surface area contributed by atoms with Gasteiger partial charge in [-0.15, -0.1) is 0 Å². The molecule has 202 valence electrons. The summed E-state index contributed by atoms with van der Waals surface area (Å²) in [6, 6.07) is 10.9. The zero-order chi connectivity index (χ0) is 27.8. The highest BCUT2D eigenvalue weighted by Crippen LogP contribution is 2.30. The van der Waals surface area contributed by atoms with Gasteiger partial charge in [0.1, 0.15) is 6.07 Å². The number of carbonyl (C=O) groups excluding carboxylic acids is 2. The molecule has 1 aliphatic heterocycles. The third-order valence-electron chi connectivity index (χ3n) is 7.45. The lowest BCUT2D eigenvalue weighted by Crippen LogP contribution is -2.44. The molecule has 2 aromatic carbocycles. The molecule has 1 saturated carbocycles. The molecule has 2 aliphatic rings. The number of nitrogens with zero attached hydrogens (tertiary/aromatic N) is 4. The van der Waals surface area contributed by atoms with Crippen LogP contribution in [0.15, 0.2) is 46.0 Å². The van der Waals surface area contributed by atoms with Crippen molar-refractivity contribution < 1.29 is 9.59 Å². The van der Waals surface area contributed by atoms with Crippen LogP contribution in [0, 0.1) is 23.2 Å². The molecule has 5 rings (SSSR count). The van der Waals surface area contributed by atoms with E-state index in [9.17, 15) is 19.2 Å². The molecule has 2 unspecified atom stereocenters. The number of nitrogens with one attached hydrogen (secondary N) is 2. The predicted molar refractivity (Wildman–Crippen MR) is 148 cm³/mol. The largest absolute Gasteiger partial charge is 0.347 e. The highest BCUT2D eigenvalue weighted by Gasteiger charge is 2.37. The minimum atomic E-state index is -0.542. The molecule has 3 aromatic rings. The number of likely N-dealkylation sites (tertiary alicyclic amines) is 1. The summed E-state index contributed by atoms with van der Waals surface area (Å²) in [6.45, 7) is 3.60. The number of nitriles is 1. The van der Waals surface area contributed by atoms with E-state index in [4.69, 9.17) is 16.9 Å². The molecule has 1 aliphatic carbocycles. The Hall–Kier alpha value is -3.94. The minimum Gasteiger partial charge on any atom is -0.347 e. The highest BCUT2D eigenvalue weighted by atomic mass is 35.5. The Kier molecular flexibility index (Phi) is 7.30. The van der Waals surface area contributed by atoms with E-state index in [1.54, 1.807) is 22.8 Å². The summed E-state index contributed by atoms with van der Waals surface area (Å²) in [6.07, 6.45) is 2.02. The van der Waals surface area contributed by atoms with E-state index in [0.29, 0.717) is 54.3 Å². The first kappa shape index (κ1) is 26.7. The molecule has 2 fully saturated rings. The van der Waals surface area contributed by atoms with Crippen LogP contribution in [-0.2, 0) is 17.9 Å². The summed E-state index contributed by atoms with van der Waals surface area (Å²) in [4.78, 5) is 54.4. The fourth-order valence-corrected chi connectivity index (χ4v) is 5.40. The van der Waals surface area contributed by atoms with Crippen molar-refractivity contribution in [3.8, 4) is 6.07 Å². The van der Waals surface area contributed by atoms with E-state index in [1.807, 2.05) is 24.9 Å². The van der Waals surface area contributed by atoms with Crippen LogP contribution in [-0.4, -0.2) is 52.0 Å². The number of hydrogen-bond acceptors (Lipinski definition) is 6. The van der Waals surface area contributed by atoms with Crippen LogP contribution in [0.5, 0.6) is 0 Å². The minimum absolute atomic E-state index is 0.184. The number of amides is 2. The van der Waals surface area contributed by atoms with Crippen molar-refractivity contribution >= 4 is 40.0 Å². The Morgan fingerprint density at radius 2 is 1.87 bits per heavy atom. The topological polar surface area (TPSA) is 129 Å². The number of halogens is 1. The number of hydrogen-bond donors (Lipinski definition) is 2. The van der Waals surface area contributed by atoms with E-state index >= 15 is 0 Å². The van der Waals surface area contributed by atoms with E-state index < -0.39 is 12.0 Å². The molecule has 2 N–H and O–H groups in total. The van der Waals surface area contributed by atoms with E-state index in [-0.39, 0.29) is 33.6 Å². The van der Waals surface area contributed by atoms with Crippen molar-refractivity contribution in [1.82, 2.24) is 19.4 Å². The van der Waals surface area contributed by atoms with Crippen molar-refractivity contribution in [2.45, 2.75) is 38.9 Å². The monoisotopic (exact) mass is 548 g/mol. The summed E-state index contributed by atoms with van der Waals surface area (Å²) in [7, 11) is 1.87. The summed E-state index contributed by atoms with van der Waals surface area (Å²) >= 11 is 6.08.